The Morgan fingerprint density at radius 1 is 1.35 bits per heavy atom. The van der Waals surface area contributed by atoms with E-state index in [1.54, 1.807) is 36.7 Å². The second kappa shape index (κ2) is 11.5. The Kier molecular flexibility index (Phi) is 8.51. The summed E-state index contributed by atoms with van der Waals surface area (Å²) in [7, 11) is 1.54. The van der Waals surface area contributed by atoms with Crippen molar-refractivity contribution in [2.24, 2.45) is 5.92 Å². The van der Waals surface area contributed by atoms with Crippen LogP contribution < -0.4 is 14.8 Å². The molecular formula is C24H29N3O3S. The first-order valence-corrected chi connectivity index (χ1v) is 11.4. The summed E-state index contributed by atoms with van der Waals surface area (Å²) in [4.78, 5) is 16.3. The van der Waals surface area contributed by atoms with Crippen LogP contribution in [0.25, 0.3) is 6.08 Å². The van der Waals surface area contributed by atoms with Crippen LogP contribution in [-0.4, -0.2) is 44.2 Å². The summed E-state index contributed by atoms with van der Waals surface area (Å²) in [6.07, 6.45) is 5.68. The summed E-state index contributed by atoms with van der Waals surface area (Å²) in [5, 5.41) is 13.8. The summed E-state index contributed by atoms with van der Waals surface area (Å²) < 4.78 is 10.6. The molecule has 1 N–H and O–H groups in total. The van der Waals surface area contributed by atoms with E-state index in [9.17, 15) is 4.79 Å². The molecule has 0 radical (unpaired) electrons. The fourth-order valence-electron chi connectivity index (χ4n) is 3.68. The Labute approximate surface area is 188 Å². The summed E-state index contributed by atoms with van der Waals surface area (Å²) in [6.45, 7) is 4.98. The number of thiophene rings is 1. The number of nitriles is 1. The maximum absolute atomic E-state index is 12.5. The lowest BCUT2D eigenvalue weighted by atomic mass is 9.97. The lowest BCUT2D eigenvalue weighted by Gasteiger charge is -2.36. The minimum absolute atomic E-state index is 0.0463. The highest BCUT2D eigenvalue weighted by atomic mass is 32.1. The van der Waals surface area contributed by atoms with Crippen molar-refractivity contribution in [2.75, 3.05) is 33.4 Å². The Morgan fingerprint density at radius 3 is 2.84 bits per heavy atom. The molecule has 6 nitrogen and oxygen atoms in total. The number of rotatable bonds is 9. The van der Waals surface area contributed by atoms with Gasteiger partial charge in [-0.25, -0.2) is 0 Å². The maximum Gasteiger partial charge on any atom is 0.244 e. The summed E-state index contributed by atoms with van der Waals surface area (Å²) in [5.41, 5.74) is 0.816. The number of carbonyl (C=O) groups is 1. The van der Waals surface area contributed by atoms with Gasteiger partial charge in [0.1, 0.15) is 6.07 Å². The normalized spacial score (nSPS) is 16.0. The molecule has 2 heterocycles. The predicted octanol–water partition coefficient (Wildman–Crippen LogP) is 4.26. The van der Waals surface area contributed by atoms with Gasteiger partial charge in [0.2, 0.25) is 5.91 Å². The lowest BCUT2D eigenvalue weighted by Crippen LogP contribution is -2.41. The minimum Gasteiger partial charge on any atom is -0.493 e. The fraction of sp³-hybridized carbons (Fsp3) is 0.417. The zero-order valence-electron chi connectivity index (χ0n) is 18.0. The highest BCUT2D eigenvalue weighted by Gasteiger charge is 2.25. The van der Waals surface area contributed by atoms with E-state index in [2.05, 4.69) is 34.7 Å². The van der Waals surface area contributed by atoms with Gasteiger partial charge in [0, 0.05) is 17.5 Å². The van der Waals surface area contributed by atoms with Gasteiger partial charge in [-0.1, -0.05) is 19.1 Å². The molecule has 0 spiro atoms. The van der Waals surface area contributed by atoms with Gasteiger partial charge in [-0.15, -0.1) is 11.3 Å². The number of piperidine rings is 1. The third kappa shape index (κ3) is 6.58. The number of amides is 1. The smallest absolute Gasteiger partial charge is 0.244 e. The second-order valence-electron chi connectivity index (χ2n) is 7.69. The van der Waals surface area contributed by atoms with Crippen molar-refractivity contribution in [2.45, 2.75) is 25.8 Å². The number of hydrogen-bond acceptors (Lipinski definition) is 6. The van der Waals surface area contributed by atoms with Gasteiger partial charge in [0.05, 0.1) is 13.2 Å². The van der Waals surface area contributed by atoms with Crippen molar-refractivity contribution in [1.29, 1.82) is 5.26 Å². The van der Waals surface area contributed by atoms with Crippen molar-refractivity contribution in [3.8, 4) is 17.6 Å². The first kappa shape index (κ1) is 22.9. The van der Waals surface area contributed by atoms with Crippen LogP contribution in [0.15, 0.2) is 41.8 Å². The number of nitrogens with zero attached hydrogens (tertiary/aromatic N) is 2. The molecule has 7 heteroatoms. The molecule has 1 unspecified atom stereocenters. The van der Waals surface area contributed by atoms with Crippen LogP contribution in [0.1, 0.15) is 36.2 Å². The van der Waals surface area contributed by atoms with E-state index < -0.39 is 0 Å². The van der Waals surface area contributed by atoms with Crippen LogP contribution >= 0.6 is 11.3 Å². The third-order valence-corrected chi connectivity index (χ3v) is 6.48. The van der Waals surface area contributed by atoms with E-state index >= 15 is 0 Å². The van der Waals surface area contributed by atoms with Crippen molar-refractivity contribution < 1.29 is 14.3 Å². The van der Waals surface area contributed by atoms with E-state index in [1.165, 1.54) is 23.8 Å². The highest BCUT2D eigenvalue weighted by molar-refractivity contribution is 7.10. The van der Waals surface area contributed by atoms with Crippen molar-refractivity contribution in [1.82, 2.24) is 10.2 Å². The highest BCUT2D eigenvalue weighted by Crippen LogP contribution is 2.30. The molecule has 1 atom stereocenters. The zero-order chi connectivity index (χ0) is 22.1. The van der Waals surface area contributed by atoms with Gasteiger partial charge in [-0.05, 0) is 67.1 Å². The first-order chi connectivity index (χ1) is 15.1. The van der Waals surface area contributed by atoms with Crippen LogP contribution in [0, 0.1) is 17.2 Å². The van der Waals surface area contributed by atoms with E-state index in [0.29, 0.717) is 18.0 Å². The number of ether oxygens (including phenoxy) is 2. The topological polar surface area (TPSA) is 74.6 Å². The largest absolute Gasteiger partial charge is 0.493 e. The molecule has 1 aromatic carbocycles. The third-order valence-electron chi connectivity index (χ3n) is 5.51. The van der Waals surface area contributed by atoms with Crippen molar-refractivity contribution in [3.05, 3.63) is 52.2 Å². The van der Waals surface area contributed by atoms with Gasteiger partial charge in [-0.3, -0.25) is 9.69 Å². The van der Waals surface area contributed by atoms with Gasteiger partial charge in [-0.2, -0.15) is 5.26 Å². The fourth-order valence-corrected chi connectivity index (χ4v) is 4.54. The average Bonchev–Trinajstić information content (AvgIpc) is 3.32. The summed E-state index contributed by atoms with van der Waals surface area (Å²) in [6, 6.07) is 11.7. The molecule has 1 aliphatic heterocycles. The molecule has 2 aromatic rings. The number of carbonyl (C=O) groups excluding carboxylic acids is 1. The quantitative estimate of drug-likeness (QED) is 0.591. The van der Waals surface area contributed by atoms with E-state index in [4.69, 9.17) is 14.7 Å². The van der Waals surface area contributed by atoms with Gasteiger partial charge < -0.3 is 14.8 Å². The molecule has 31 heavy (non-hydrogen) atoms. The monoisotopic (exact) mass is 439 g/mol. The minimum atomic E-state index is -0.129. The molecule has 1 amide bonds. The van der Waals surface area contributed by atoms with Crippen molar-refractivity contribution >= 4 is 23.3 Å². The molecule has 0 bridgehead atoms. The average molecular weight is 440 g/mol. The van der Waals surface area contributed by atoms with E-state index in [1.807, 2.05) is 12.1 Å². The van der Waals surface area contributed by atoms with Gasteiger partial charge in [0.15, 0.2) is 18.1 Å². The number of likely N-dealkylation sites (tertiary alicyclic amines) is 1. The van der Waals surface area contributed by atoms with Crippen LogP contribution in [0.3, 0.4) is 0 Å². The standard InChI is InChI=1S/C24H29N3O3S/c1-18-9-12-27(13-10-18)20(23-4-3-15-31-23)17-26-24(28)8-6-19-5-7-21(30-14-11-25)22(16-19)29-2/h3-8,15-16,18,20H,9-10,12-14,17H2,1-2H3,(H,26,28)/b8-6+. The Bertz CT molecular complexity index is 913. The molecule has 164 valence electrons. The Balaban J connectivity index is 1.60. The van der Waals surface area contributed by atoms with E-state index in [0.717, 1.165) is 24.6 Å². The van der Waals surface area contributed by atoms with Crippen molar-refractivity contribution in [3.63, 3.8) is 0 Å². The van der Waals surface area contributed by atoms with Crippen LogP contribution in [-0.2, 0) is 4.79 Å². The molecule has 3 rings (SSSR count). The maximum atomic E-state index is 12.5. The van der Waals surface area contributed by atoms with Crippen LogP contribution in [0.2, 0.25) is 0 Å². The van der Waals surface area contributed by atoms with E-state index in [-0.39, 0.29) is 18.6 Å². The predicted molar refractivity (Wildman–Crippen MR) is 123 cm³/mol. The second-order valence-corrected chi connectivity index (χ2v) is 8.66. The van der Waals surface area contributed by atoms with Crippen LogP contribution in [0.5, 0.6) is 11.5 Å². The van der Waals surface area contributed by atoms with Gasteiger partial charge >= 0.3 is 0 Å². The lowest BCUT2D eigenvalue weighted by molar-refractivity contribution is -0.116. The Morgan fingerprint density at radius 2 is 2.16 bits per heavy atom. The molecule has 1 saturated heterocycles. The summed E-state index contributed by atoms with van der Waals surface area (Å²) >= 11 is 1.74. The Hall–Kier alpha value is -2.82. The first-order valence-electron chi connectivity index (χ1n) is 10.5. The summed E-state index contributed by atoms with van der Waals surface area (Å²) in [5.74, 6) is 1.66. The number of nitrogens with one attached hydrogen (secondary N) is 1. The number of benzene rings is 1. The molecule has 0 aliphatic carbocycles. The van der Waals surface area contributed by atoms with Gasteiger partial charge in [0.25, 0.3) is 0 Å². The number of methoxy groups -OCH3 is 1. The van der Waals surface area contributed by atoms with Crippen LogP contribution in [0.4, 0.5) is 0 Å². The zero-order valence-corrected chi connectivity index (χ0v) is 18.9. The molecular weight excluding hydrogens is 410 g/mol. The number of hydrogen-bond donors (Lipinski definition) is 1. The SMILES string of the molecule is COc1cc(/C=C/C(=O)NCC(c2cccs2)N2CCC(C)CC2)ccc1OCC#N. The molecule has 1 aromatic heterocycles. The molecule has 0 saturated carbocycles. The molecule has 1 fully saturated rings. The molecule has 1 aliphatic rings.